The highest BCUT2D eigenvalue weighted by molar-refractivity contribution is 7.39. The second kappa shape index (κ2) is 13.2. The lowest BCUT2D eigenvalue weighted by molar-refractivity contribution is -0.384. The number of anilines is 1. The van der Waals surface area contributed by atoms with Gasteiger partial charge in [-0.05, 0) is 30.7 Å². The Morgan fingerprint density at radius 1 is 1.24 bits per heavy atom. The number of allylic oxidation sites excluding steroid dienone is 1. The van der Waals surface area contributed by atoms with Crippen LogP contribution in [0.25, 0.3) is 0 Å². The van der Waals surface area contributed by atoms with Crippen molar-refractivity contribution in [2.45, 2.75) is 19.3 Å². The van der Waals surface area contributed by atoms with Gasteiger partial charge < -0.3 is 30.1 Å². The maximum absolute atomic E-state index is 12.6. The summed E-state index contributed by atoms with van der Waals surface area (Å²) < 4.78 is 24.7. The molecule has 0 bridgehead atoms. The van der Waals surface area contributed by atoms with Crippen molar-refractivity contribution in [3.05, 3.63) is 69.6 Å². The number of rotatable bonds is 12. The van der Waals surface area contributed by atoms with E-state index >= 15 is 0 Å². The standard InChI is InChI=1S/C19H20N4O12P2/c1-11(24)17(22-21-15-8-7-14(23(27)28)9-16(15)33-2)18(25)20-13-5-3-12(4-6-13)10-19(26,34-36(29)30)35-37(31)32/h3-9,26,29-30H,10H2,1-2H3,(H2-,20,21,24,25,31,32)/p+1. The number of hydrogen-bond donors (Lipinski definition) is 6. The summed E-state index contributed by atoms with van der Waals surface area (Å²) in [5.41, 5.74) is -0.234. The summed E-state index contributed by atoms with van der Waals surface area (Å²) in [5, 5.41) is 40.9. The molecule has 2 atom stereocenters. The molecule has 2 aromatic rings. The van der Waals surface area contributed by atoms with Gasteiger partial charge in [-0.3, -0.25) is 19.4 Å². The summed E-state index contributed by atoms with van der Waals surface area (Å²) in [7, 11) is -5.23. The van der Waals surface area contributed by atoms with Crippen LogP contribution in [0, 0.1) is 10.1 Å². The van der Waals surface area contributed by atoms with Crippen molar-refractivity contribution < 1.29 is 53.0 Å². The Morgan fingerprint density at radius 3 is 2.41 bits per heavy atom. The van der Waals surface area contributed by atoms with Crippen LogP contribution >= 0.6 is 16.9 Å². The summed E-state index contributed by atoms with van der Waals surface area (Å²) in [5.74, 6) is -4.16. The topological polar surface area (TPSA) is 243 Å². The van der Waals surface area contributed by atoms with Gasteiger partial charge in [0.2, 0.25) is 0 Å². The zero-order valence-corrected chi connectivity index (χ0v) is 20.9. The smallest absolute Gasteiger partial charge is 0.510 e. The average molecular weight is 559 g/mol. The molecule has 0 saturated heterocycles. The fraction of sp³-hybridized carbons (Fsp3) is 0.211. The van der Waals surface area contributed by atoms with Gasteiger partial charge in [-0.1, -0.05) is 16.7 Å². The van der Waals surface area contributed by atoms with Gasteiger partial charge in [0, 0.05) is 16.3 Å². The van der Waals surface area contributed by atoms with Crippen LogP contribution in [0.5, 0.6) is 5.75 Å². The molecule has 0 fully saturated rings. The molecule has 0 aliphatic rings. The molecule has 0 aliphatic carbocycles. The van der Waals surface area contributed by atoms with Gasteiger partial charge in [-0.15, -0.1) is 15.1 Å². The monoisotopic (exact) mass is 559 g/mol. The molecule has 0 aromatic heterocycles. The molecule has 0 heterocycles. The molecule has 16 nitrogen and oxygen atoms in total. The number of carbonyl (C=O) groups is 1. The lowest BCUT2D eigenvalue weighted by atomic mass is 10.1. The molecule has 0 radical (unpaired) electrons. The number of azo groups is 1. The average Bonchev–Trinajstić information content (AvgIpc) is 2.78. The van der Waals surface area contributed by atoms with Crippen molar-refractivity contribution in [2.75, 3.05) is 12.4 Å². The van der Waals surface area contributed by atoms with Gasteiger partial charge in [-0.25, -0.2) is 0 Å². The predicted molar refractivity (Wildman–Crippen MR) is 127 cm³/mol. The third kappa shape index (κ3) is 9.17. The Labute approximate surface area is 210 Å². The minimum atomic E-state index is -3.36. The fourth-order valence-electron chi connectivity index (χ4n) is 2.73. The fourth-order valence-corrected chi connectivity index (χ4v) is 3.50. The molecule has 37 heavy (non-hydrogen) atoms. The number of carbonyl (C=O) groups excluding carboxylic acids is 1. The van der Waals surface area contributed by atoms with Gasteiger partial charge in [0.05, 0.1) is 24.5 Å². The number of nitrogens with one attached hydrogen (secondary N) is 1. The van der Waals surface area contributed by atoms with E-state index in [-0.39, 0.29) is 28.4 Å². The van der Waals surface area contributed by atoms with Crippen molar-refractivity contribution in [3.63, 3.8) is 0 Å². The van der Waals surface area contributed by atoms with Crippen LogP contribution in [0.2, 0.25) is 0 Å². The normalized spacial score (nSPS) is 14.2. The van der Waals surface area contributed by atoms with Crippen LogP contribution in [0.3, 0.4) is 0 Å². The minimum Gasteiger partial charge on any atom is -0.510 e. The Kier molecular flexibility index (Phi) is 10.6. The number of ether oxygens (including phenoxy) is 1. The first-order valence-electron chi connectivity index (χ1n) is 9.82. The van der Waals surface area contributed by atoms with Crippen LogP contribution in [-0.4, -0.2) is 48.8 Å². The maximum Gasteiger partial charge on any atom is 0.700 e. The summed E-state index contributed by atoms with van der Waals surface area (Å²) in [6.45, 7) is 1.19. The highest BCUT2D eigenvalue weighted by Gasteiger charge is 2.42. The number of nitro groups is 1. The molecular weight excluding hydrogens is 538 g/mol. The van der Waals surface area contributed by atoms with Gasteiger partial charge >= 0.3 is 22.8 Å². The zero-order valence-electron chi connectivity index (χ0n) is 19.1. The number of benzene rings is 2. The molecular formula is C19H21N4O12P2+. The number of nitrogens with zero attached hydrogens (tertiary/aromatic N) is 3. The summed E-state index contributed by atoms with van der Waals surface area (Å²) in [4.78, 5) is 49.7. The number of hydrogen-bond acceptors (Lipinski definition) is 13. The molecule has 2 unspecified atom stereocenters. The van der Waals surface area contributed by atoms with E-state index in [4.69, 9.17) is 19.4 Å². The third-order valence-corrected chi connectivity index (χ3v) is 5.16. The van der Waals surface area contributed by atoms with E-state index in [2.05, 4.69) is 24.6 Å². The molecule has 18 heteroatoms. The van der Waals surface area contributed by atoms with Crippen molar-refractivity contribution in [2.24, 2.45) is 10.2 Å². The van der Waals surface area contributed by atoms with Crippen LogP contribution in [0.15, 0.2) is 64.1 Å². The van der Waals surface area contributed by atoms with Crippen LogP contribution < -0.4 is 10.1 Å². The van der Waals surface area contributed by atoms with Gasteiger partial charge in [-0.2, -0.15) is 0 Å². The highest BCUT2D eigenvalue weighted by atomic mass is 31.2. The minimum absolute atomic E-state index is 0.0116. The molecule has 0 saturated carbocycles. The van der Waals surface area contributed by atoms with Gasteiger partial charge in [0.1, 0.15) is 11.4 Å². The van der Waals surface area contributed by atoms with E-state index in [0.29, 0.717) is 0 Å². The van der Waals surface area contributed by atoms with Crippen molar-refractivity contribution in [3.8, 4) is 5.75 Å². The molecule has 0 aliphatic heterocycles. The largest absolute Gasteiger partial charge is 0.700 e. The number of aliphatic hydroxyl groups is 2. The van der Waals surface area contributed by atoms with Crippen molar-refractivity contribution >= 4 is 39.8 Å². The number of non-ortho nitro benzene ring substituents is 1. The van der Waals surface area contributed by atoms with E-state index in [1.165, 1.54) is 44.4 Å². The Morgan fingerprint density at radius 2 is 1.89 bits per heavy atom. The highest BCUT2D eigenvalue weighted by Crippen LogP contribution is 2.38. The van der Waals surface area contributed by atoms with E-state index in [9.17, 15) is 29.7 Å². The third-order valence-electron chi connectivity index (χ3n) is 4.27. The second-order valence-electron chi connectivity index (χ2n) is 6.96. The van der Waals surface area contributed by atoms with Gasteiger partial charge in [0.25, 0.3) is 11.6 Å². The Balaban J connectivity index is 2.17. The molecule has 6 N–H and O–H groups in total. The maximum atomic E-state index is 12.6. The Bertz CT molecular complexity index is 1220. The van der Waals surface area contributed by atoms with Crippen LogP contribution in [-0.2, 0) is 24.8 Å². The quantitative estimate of drug-likeness (QED) is 0.0418. The second-order valence-corrected chi connectivity index (χ2v) is 8.31. The summed E-state index contributed by atoms with van der Waals surface area (Å²) in [6.07, 6.45) is -0.588. The molecule has 2 rings (SSSR count). The summed E-state index contributed by atoms with van der Waals surface area (Å²) in [6, 6.07) is 8.94. The number of aliphatic hydroxyl groups excluding tert-OH is 1. The number of nitro benzene ring substituents is 1. The zero-order chi connectivity index (χ0) is 27.8. The van der Waals surface area contributed by atoms with E-state index in [1.807, 2.05) is 0 Å². The number of methoxy groups -OCH3 is 1. The lowest BCUT2D eigenvalue weighted by Crippen LogP contribution is -2.34. The first kappa shape index (κ1) is 29.8. The van der Waals surface area contributed by atoms with E-state index in [1.54, 1.807) is 0 Å². The molecule has 1 amide bonds. The lowest BCUT2D eigenvalue weighted by Gasteiger charge is -2.21. The number of amides is 1. The summed E-state index contributed by atoms with van der Waals surface area (Å²) >= 11 is 0. The van der Waals surface area contributed by atoms with Crippen LogP contribution in [0.1, 0.15) is 12.5 Å². The Hall–Kier alpha value is -3.46. The van der Waals surface area contributed by atoms with Crippen LogP contribution in [0.4, 0.5) is 17.1 Å². The van der Waals surface area contributed by atoms with E-state index < -0.39 is 51.5 Å². The molecule has 0 spiro atoms. The molecule has 2 aromatic carbocycles. The van der Waals surface area contributed by atoms with Crippen molar-refractivity contribution in [1.82, 2.24) is 0 Å². The molecule has 198 valence electrons. The first-order valence-corrected chi connectivity index (χ1v) is 12.1. The van der Waals surface area contributed by atoms with E-state index in [0.717, 1.165) is 12.1 Å². The first-order chi connectivity index (χ1) is 17.3. The SMILES string of the molecule is COc1cc([N+](=O)[O-])ccc1N=NC(C(=O)Nc1ccc(CC(O)(OP(O)O)O[P+](=O)O)cc1)=C(C)O. The van der Waals surface area contributed by atoms with Crippen molar-refractivity contribution in [1.29, 1.82) is 0 Å². The predicted octanol–water partition coefficient (Wildman–Crippen LogP) is 3.20. The van der Waals surface area contributed by atoms with Gasteiger partial charge in [0.15, 0.2) is 11.4 Å².